The molecule has 0 aliphatic rings. The molecule has 2 aromatic heterocycles. The molecular weight excluding hydrogens is 370 g/mol. The average molecular weight is 390 g/mol. The predicted molar refractivity (Wildman–Crippen MR) is 100 cm³/mol. The minimum Gasteiger partial charge on any atom is -0.339 e. The second-order valence-corrected chi connectivity index (χ2v) is 7.59. The van der Waals surface area contributed by atoms with E-state index in [2.05, 4.69) is 15.4 Å². The zero-order valence-corrected chi connectivity index (χ0v) is 16.3. The van der Waals surface area contributed by atoms with Gasteiger partial charge in [-0.3, -0.25) is 9.48 Å². The second kappa shape index (κ2) is 7.56. The number of nitrogens with zero attached hydrogens (tertiary/aromatic N) is 3. The Labute approximate surface area is 160 Å². The zero-order valence-electron chi connectivity index (χ0n) is 15.5. The first-order valence-corrected chi connectivity index (χ1v) is 9.21. The number of alkyl halides is 2. The molecule has 8 heteroatoms. The monoisotopic (exact) mass is 390 g/mol. The molecule has 2 heterocycles. The molecule has 3 rings (SSSR count). The Kier molecular flexibility index (Phi) is 5.36. The van der Waals surface area contributed by atoms with E-state index in [9.17, 15) is 13.6 Å². The summed E-state index contributed by atoms with van der Waals surface area (Å²) in [5.41, 5.74) is 2.09. The van der Waals surface area contributed by atoms with Gasteiger partial charge in [-0.2, -0.15) is 5.10 Å². The molecule has 1 unspecified atom stereocenters. The van der Waals surface area contributed by atoms with E-state index in [-0.39, 0.29) is 5.56 Å². The number of hydrogen-bond acceptors (Lipinski definition) is 4. The van der Waals surface area contributed by atoms with Crippen molar-refractivity contribution in [1.29, 1.82) is 0 Å². The van der Waals surface area contributed by atoms with Crippen LogP contribution in [0.1, 0.15) is 55.2 Å². The van der Waals surface area contributed by atoms with E-state index in [1.165, 1.54) is 29.3 Å². The third-order valence-electron chi connectivity index (χ3n) is 4.38. The van der Waals surface area contributed by atoms with Crippen LogP contribution in [-0.2, 0) is 7.05 Å². The fourth-order valence-electron chi connectivity index (χ4n) is 2.85. The Balaban J connectivity index is 2.02. The quantitative estimate of drug-likeness (QED) is 0.708. The van der Waals surface area contributed by atoms with Crippen molar-refractivity contribution in [1.82, 2.24) is 20.1 Å². The average Bonchev–Trinajstić information content (AvgIpc) is 3.16. The van der Waals surface area contributed by atoms with Gasteiger partial charge in [-0.15, -0.1) is 11.3 Å². The number of carbonyl (C=O) groups excluding carboxylic acids is 1. The summed E-state index contributed by atoms with van der Waals surface area (Å²) in [5, 5.41) is 7.31. The maximum atomic E-state index is 13.2. The van der Waals surface area contributed by atoms with Gasteiger partial charge < -0.3 is 5.32 Å². The van der Waals surface area contributed by atoms with Crippen molar-refractivity contribution in [2.24, 2.45) is 7.05 Å². The van der Waals surface area contributed by atoms with Gasteiger partial charge in [-0.1, -0.05) is 24.3 Å². The number of amides is 1. The number of carbonyl (C=O) groups is 1. The fourth-order valence-corrected chi connectivity index (χ4v) is 3.85. The fraction of sp³-hybridized carbons (Fsp3) is 0.316. The number of halogens is 2. The van der Waals surface area contributed by atoms with Crippen LogP contribution in [0, 0.1) is 20.8 Å². The standard InChI is InChI=1S/C19H20F2N4OS/c1-10-7-5-6-8-13(10)16(19-22-11(2)12(3)27-19)23-18(26)14-9-25(4)24-15(14)17(20)21/h5-9,16-17H,1-4H3,(H,23,26). The number of aromatic nitrogens is 3. The third kappa shape index (κ3) is 3.90. The lowest BCUT2D eigenvalue weighted by atomic mass is 10.0. The summed E-state index contributed by atoms with van der Waals surface area (Å²) in [4.78, 5) is 18.4. The van der Waals surface area contributed by atoms with Gasteiger partial charge in [0, 0.05) is 18.1 Å². The zero-order chi connectivity index (χ0) is 19.7. The highest BCUT2D eigenvalue weighted by molar-refractivity contribution is 7.11. The molecule has 0 aliphatic heterocycles. The van der Waals surface area contributed by atoms with E-state index in [1.807, 2.05) is 45.0 Å². The summed E-state index contributed by atoms with van der Waals surface area (Å²) in [6, 6.07) is 7.11. The number of benzene rings is 1. The SMILES string of the molecule is Cc1ccccc1C(NC(=O)c1cn(C)nc1C(F)F)c1nc(C)c(C)s1. The topological polar surface area (TPSA) is 59.8 Å². The lowest BCUT2D eigenvalue weighted by Gasteiger charge is -2.19. The minimum atomic E-state index is -2.83. The van der Waals surface area contributed by atoms with Crippen LogP contribution in [0.25, 0.3) is 0 Å². The Hall–Kier alpha value is -2.61. The summed E-state index contributed by atoms with van der Waals surface area (Å²) >= 11 is 1.48. The maximum absolute atomic E-state index is 13.2. The molecule has 0 saturated heterocycles. The van der Waals surface area contributed by atoms with E-state index < -0.39 is 24.1 Å². The van der Waals surface area contributed by atoms with Gasteiger partial charge in [0.15, 0.2) is 0 Å². The summed E-state index contributed by atoms with van der Waals surface area (Å²) in [7, 11) is 1.51. The van der Waals surface area contributed by atoms with E-state index in [0.29, 0.717) is 0 Å². The Morgan fingerprint density at radius 2 is 1.93 bits per heavy atom. The van der Waals surface area contributed by atoms with Crippen molar-refractivity contribution in [2.75, 3.05) is 0 Å². The minimum absolute atomic E-state index is 0.129. The number of aryl methyl sites for hydroxylation is 4. The molecule has 1 atom stereocenters. The van der Waals surface area contributed by atoms with Crippen LogP contribution >= 0.6 is 11.3 Å². The first kappa shape index (κ1) is 19.2. The lowest BCUT2D eigenvalue weighted by Crippen LogP contribution is -2.30. The smallest absolute Gasteiger partial charge is 0.282 e. The van der Waals surface area contributed by atoms with E-state index in [4.69, 9.17) is 0 Å². The maximum Gasteiger partial charge on any atom is 0.282 e. The van der Waals surface area contributed by atoms with Crippen molar-refractivity contribution in [3.05, 3.63) is 68.4 Å². The van der Waals surface area contributed by atoms with E-state index in [1.54, 1.807) is 0 Å². The molecule has 5 nitrogen and oxygen atoms in total. The number of nitrogens with one attached hydrogen (secondary N) is 1. The highest BCUT2D eigenvalue weighted by atomic mass is 32.1. The Morgan fingerprint density at radius 1 is 1.22 bits per heavy atom. The summed E-state index contributed by atoms with van der Waals surface area (Å²) in [5.74, 6) is -0.600. The van der Waals surface area contributed by atoms with Gasteiger partial charge in [0.05, 0.1) is 11.3 Å². The van der Waals surface area contributed by atoms with Gasteiger partial charge in [-0.05, 0) is 31.9 Å². The van der Waals surface area contributed by atoms with Crippen LogP contribution in [0.4, 0.5) is 8.78 Å². The Morgan fingerprint density at radius 3 is 2.52 bits per heavy atom. The van der Waals surface area contributed by atoms with Crippen molar-refractivity contribution in [3.8, 4) is 0 Å². The van der Waals surface area contributed by atoms with Crippen molar-refractivity contribution >= 4 is 17.2 Å². The van der Waals surface area contributed by atoms with Crippen LogP contribution in [-0.4, -0.2) is 20.7 Å². The van der Waals surface area contributed by atoms with Gasteiger partial charge in [0.25, 0.3) is 12.3 Å². The second-order valence-electron chi connectivity index (χ2n) is 6.36. The molecule has 1 N–H and O–H groups in total. The molecule has 3 aromatic rings. The van der Waals surface area contributed by atoms with Crippen molar-refractivity contribution < 1.29 is 13.6 Å². The summed E-state index contributed by atoms with van der Waals surface area (Å²) in [6.07, 6.45) is -1.52. The molecule has 0 aliphatic carbocycles. The highest BCUT2D eigenvalue weighted by Crippen LogP contribution is 2.30. The van der Waals surface area contributed by atoms with Gasteiger partial charge >= 0.3 is 0 Å². The van der Waals surface area contributed by atoms with Crippen LogP contribution in [0.2, 0.25) is 0 Å². The molecule has 1 aromatic carbocycles. The van der Waals surface area contributed by atoms with Crippen molar-refractivity contribution in [3.63, 3.8) is 0 Å². The van der Waals surface area contributed by atoms with Crippen LogP contribution in [0.15, 0.2) is 30.5 Å². The van der Waals surface area contributed by atoms with Gasteiger partial charge in [-0.25, -0.2) is 13.8 Å². The van der Waals surface area contributed by atoms with Crippen molar-refractivity contribution in [2.45, 2.75) is 33.2 Å². The molecule has 1 amide bonds. The summed E-state index contributed by atoms with van der Waals surface area (Å²) < 4.78 is 27.7. The molecule has 27 heavy (non-hydrogen) atoms. The highest BCUT2D eigenvalue weighted by Gasteiger charge is 2.27. The molecule has 0 fully saturated rings. The van der Waals surface area contributed by atoms with Gasteiger partial charge in [0.1, 0.15) is 16.7 Å². The van der Waals surface area contributed by atoms with E-state index >= 15 is 0 Å². The first-order chi connectivity index (χ1) is 12.8. The van der Waals surface area contributed by atoms with Gasteiger partial charge in [0.2, 0.25) is 0 Å². The van der Waals surface area contributed by atoms with Crippen LogP contribution in [0.5, 0.6) is 0 Å². The molecule has 0 saturated carbocycles. The Bertz CT molecular complexity index is 961. The normalized spacial score (nSPS) is 12.4. The third-order valence-corrected chi connectivity index (χ3v) is 5.51. The number of rotatable bonds is 5. The predicted octanol–water partition coefficient (Wildman–Crippen LogP) is 4.26. The summed E-state index contributed by atoms with van der Waals surface area (Å²) in [6.45, 7) is 5.81. The molecular formula is C19H20F2N4OS. The molecule has 0 bridgehead atoms. The largest absolute Gasteiger partial charge is 0.339 e. The molecule has 0 radical (unpaired) electrons. The lowest BCUT2D eigenvalue weighted by molar-refractivity contribution is 0.0928. The van der Waals surface area contributed by atoms with Crippen LogP contribution in [0.3, 0.4) is 0 Å². The van der Waals surface area contributed by atoms with E-state index in [0.717, 1.165) is 26.7 Å². The molecule has 142 valence electrons. The molecule has 0 spiro atoms. The van der Waals surface area contributed by atoms with Crippen LogP contribution < -0.4 is 5.32 Å². The number of thiazole rings is 1. The first-order valence-electron chi connectivity index (χ1n) is 8.40. The number of hydrogen-bond donors (Lipinski definition) is 1.